The minimum absolute atomic E-state index is 0.0509. The van der Waals surface area contributed by atoms with E-state index in [2.05, 4.69) is 65.8 Å². The van der Waals surface area contributed by atoms with Crippen LogP contribution in [-0.4, -0.2) is 96.3 Å². The minimum Gasteiger partial charge on any atom is -0.481 e. The third-order valence-electron chi connectivity index (χ3n) is 12.9. The van der Waals surface area contributed by atoms with Crippen molar-refractivity contribution >= 4 is 69.2 Å². The fourth-order valence-electron chi connectivity index (χ4n) is 8.89. The van der Waals surface area contributed by atoms with E-state index in [1.165, 1.54) is 24.0 Å². The van der Waals surface area contributed by atoms with Crippen LogP contribution in [0.5, 0.6) is 0 Å². The number of fused-ring (bicyclic) bond motifs is 4. The summed E-state index contributed by atoms with van der Waals surface area (Å²) in [5.41, 5.74) is 16.2. The van der Waals surface area contributed by atoms with Crippen molar-refractivity contribution < 1.29 is 24.3 Å². The number of imidazole rings is 4. The van der Waals surface area contributed by atoms with Crippen LogP contribution in [0.1, 0.15) is 116 Å². The molecule has 10 heterocycles. The average molecular weight is 1040 g/mol. The molecule has 22 nitrogen and oxygen atoms in total. The van der Waals surface area contributed by atoms with E-state index >= 15 is 0 Å². The Balaban J connectivity index is 0.000000159. The molecule has 24 heteroatoms. The number of carbonyl (C=O) groups excluding carboxylic acids is 3. The lowest BCUT2D eigenvalue weighted by atomic mass is 10.1. The predicted molar refractivity (Wildman–Crippen MR) is 269 cm³/mol. The van der Waals surface area contributed by atoms with Crippen molar-refractivity contribution in [2.75, 3.05) is 0 Å². The Morgan fingerprint density at radius 2 is 1.08 bits per heavy atom. The Morgan fingerprint density at radius 3 is 1.51 bits per heavy atom. The van der Waals surface area contributed by atoms with E-state index < -0.39 is 5.97 Å². The van der Waals surface area contributed by atoms with Crippen molar-refractivity contribution in [3.8, 4) is 0 Å². The molecule has 3 amide bonds. The Bertz CT molecular complexity index is 3540. The summed E-state index contributed by atoms with van der Waals surface area (Å²) in [5.74, 6) is -0.787. The van der Waals surface area contributed by atoms with Gasteiger partial charge in [0.2, 0.25) is 5.91 Å². The van der Waals surface area contributed by atoms with Crippen molar-refractivity contribution in [2.24, 2.45) is 5.73 Å². The summed E-state index contributed by atoms with van der Waals surface area (Å²) in [4.78, 5) is 66.0. The highest BCUT2D eigenvalue weighted by Crippen LogP contribution is 2.41. The molecule has 0 bridgehead atoms. The van der Waals surface area contributed by atoms with Crippen LogP contribution >= 0.6 is 23.2 Å². The molecule has 5 N–H and O–H groups in total. The number of carboxylic acids is 1. The van der Waals surface area contributed by atoms with Gasteiger partial charge >= 0.3 is 5.97 Å². The number of hydrogen-bond donors (Lipinski definition) is 4. The summed E-state index contributed by atoms with van der Waals surface area (Å²) in [5, 5.41) is 32.2. The minimum atomic E-state index is -0.833. The van der Waals surface area contributed by atoms with Crippen LogP contribution in [0.15, 0.2) is 98.6 Å². The lowest BCUT2D eigenvalue weighted by Crippen LogP contribution is -2.23. The molecule has 0 aliphatic heterocycles. The number of primary amides is 1. The van der Waals surface area contributed by atoms with Gasteiger partial charge in [-0.05, 0) is 96.9 Å². The molecule has 2 aliphatic rings. The number of carbonyl (C=O) groups is 4. The number of amides is 3. The highest BCUT2D eigenvalue weighted by atomic mass is 35.5. The molecule has 0 unspecified atom stereocenters. The first kappa shape index (κ1) is 47.8. The second kappa shape index (κ2) is 20.2. The number of aliphatic carboxylic acids is 1. The van der Waals surface area contributed by atoms with Gasteiger partial charge in [-0.2, -0.15) is 0 Å². The molecule has 2 saturated carbocycles. The predicted octanol–water partition coefficient (Wildman–Crippen LogP) is 5.60. The van der Waals surface area contributed by atoms with Crippen LogP contribution in [0.4, 0.5) is 0 Å². The molecular formula is C50H47Cl2N17O5. The molecule has 2 aliphatic carbocycles. The number of nitrogens with two attached hydrogens (primary N) is 1. The number of rotatable bonds is 18. The molecular weight excluding hydrogens is 990 g/mol. The third kappa shape index (κ3) is 10.8. The zero-order chi connectivity index (χ0) is 51.0. The standard InChI is InChI=1S/C25H24ClN9O2.C25H23ClN8O3/c26-18-5-6-33-14-29-20(22(33)8-18)9-28-25(37)21-13-35(32-31-21)12-19-11-34-10-17(15-1-2-15)7-16(24(34)30-19)3-4-23(27)36;26-18-5-6-32-14-28-20(22(32)8-18)9-27-25(37)21-13-34(31-30-21)12-19-11-33-10-17(15-1-2-15)7-16(24(33)29-19)3-4-23(35)36/h5-8,10-11,13-15H,1-4,9,12H2,(H2,27,36)(H,28,37);5-8,10-11,13-15H,1-4,9,12H2,(H,27,37)(H,35,36). The summed E-state index contributed by atoms with van der Waals surface area (Å²) in [7, 11) is 0. The summed E-state index contributed by atoms with van der Waals surface area (Å²) in [6, 6.07) is 11.4. The fraction of sp³-hybridized carbons (Fsp3) is 0.280. The van der Waals surface area contributed by atoms with Gasteiger partial charge in [-0.25, -0.2) is 29.3 Å². The second-order valence-electron chi connectivity index (χ2n) is 18.6. The largest absolute Gasteiger partial charge is 0.481 e. The van der Waals surface area contributed by atoms with Crippen molar-refractivity contribution in [1.29, 1.82) is 0 Å². The number of hydrogen-bond acceptors (Lipinski definition) is 12. The van der Waals surface area contributed by atoms with Gasteiger partial charge in [0, 0.05) is 60.1 Å². The van der Waals surface area contributed by atoms with Crippen LogP contribution in [0.25, 0.3) is 22.3 Å². The number of aryl methyl sites for hydroxylation is 2. The molecule has 0 saturated heterocycles. The van der Waals surface area contributed by atoms with Gasteiger partial charge < -0.3 is 39.1 Å². The molecule has 10 aromatic heterocycles. The first-order chi connectivity index (χ1) is 35.8. The zero-order valence-corrected chi connectivity index (χ0v) is 41.1. The number of halogens is 2. The number of nitrogens with one attached hydrogen (secondary N) is 2. The lowest BCUT2D eigenvalue weighted by molar-refractivity contribution is -0.137. The summed E-state index contributed by atoms with van der Waals surface area (Å²) in [6.45, 7) is 1.12. The van der Waals surface area contributed by atoms with E-state index in [1.807, 2.05) is 42.4 Å². The van der Waals surface area contributed by atoms with Crippen LogP contribution in [0.3, 0.4) is 0 Å². The van der Waals surface area contributed by atoms with Gasteiger partial charge in [0.15, 0.2) is 11.4 Å². The first-order valence-corrected chi connectivity index (χ1v) is 24.7. The normalized spacial score (nSPS) is 13.4. The SMILES string of the molecule is NC(=O)CCc1cc(C2CC2)cn2cc(Cn3cc(C(=O)NCc4ncn5ccc(Cl)cc45)nn3)nc12.O=C(O)CCc1cc(C2CC2)cn2cc(Cn3cc(C(=O)NCc4ncn5ccc(Cl)cc45)nn3)nc12. The zero-order valence-electron chi connectivity index (χ0n) is 39.6. The van der Waals surface area contributed by atoms with E-state index in [0.29, 0.717) is 59.2 Å². The Morgan fingerprint density at radius 1 is 0.622 bits per heavy atom. The van der Waals surface area contributed by atoms with Crippen molar-refractivity contribution in [1.82, 2.24) is 78.2 Å². The Hall–Kier alpha value is -8.50. The quantitative estimate of drug-likeness (QED) is 0.0816. The third-order valence-corrected chi connectivity index (χ3v) is 13.4. The maximum Gasteiger partial charge on any atom is 0.303 e. The molecule has 74 heavy (non-hydrogen) atoms. The molecule has 2 fully saturated rings. The maximum absolute atomic E-state index is 12.7. The van der Waals surface area contributed by atoms with E-state index in [1.54, 1.807) is 58.7 Å². The first-order valence-electron chi connectivity index (χ1n) is 24.0. The highest BCUT2D eigenvalue weighted by molar-refractivity contribution is 6.31. The Kier molecular flexibility index (Phi) is 13.0. The molecule has 0 spiro atoms. The van der Waals surface area contributed by atoms with Crippen molar-refractivity contribution in [3.63, 3.8) is 0 Å². The van der Waals surface area contributed by atoms with Crippen LogP contribution in [-0.2, 0) is 48.6 Å². The van der Waals surface area contributed by atoms with E-state index in [-0.39, 0.29) is 55.0 Å². The lowest BCUT2D eigenvalue weighted by Gasteiger charge is -2.06. The van der Waals surface area contributed by atoms with Gasteiger partial charge in [0.05, 0.1) is 85.0 Å². The van der Waals surface area contributed by atoms with Gasteiger partial charge in [-0.15, -0.1) is 10.2 Å². The molecule has 376 valence electrons. The van der Waals surface area contributed by atoms with Gasteiger partial charge in [0.1, 0.15) is 11.3 Å². The Labute approximate surface area is 430 Å². The number of nitrogens with zero attached hydrogens (tertiary/aromatic N) is 14. The van der Waals surface area contributed by atoms with Crippen LogP contribution < -0.4 is 16.4 Å². The van der Waals surface area contributed by atoms with Gasteiger partial charge in [-0.1, -0.05) is 45.8 Å². The maximum atomic E-state index is 12.7. The average Bonchev–Trinajstić information content (AvgIpc) is 3.99. The van der Waals surface area contributed by atoms with E-state index in [0.717, 1.165) is 57.7 Å². The number of carboxylic acid groups (broad SMARTS) is 1. The number of aromatic nitrogens is 14. The topological polar surface area (TPSA) is 269 Å². The molecule has 0 radical (unpaired) electrons. The van der Waals surface area contributed by atoms with Crippen molar-refractivity contribution in [3.05, 3.63) is 165 Å². The molecule has 0 atom stereocenters. The summed E-state index contributed by atoms with van der Waals surface area (Å²) < 4.78 is 10.8. The van der Waals surface area contributed by atoms with Crippen LogP contribution in [0, 0.1) is 0 Å². The van der Waals surface area contributed by atoms with Crippen LogP contribution in [0.2, 0.25) is 10.0 Å². The van der Waals surface area contributed by atoms with Crippen molar-refractivity contribution in [2.45, 2.75) is 89.4 Å². The van der Waals surface area contributed by atoms with Gasteiger partial charge in [0.25, 0.3) is 11.8 Å². The monoisotopic (exact) mass is 1040 g/mol. The van der Waals surface area contributed by atoms with Gasteiger partial charge in [-0.3, -0.25) is 19.2 Å². The second-order valence-corrected chi connectivity index (χ2v) is 19.4. The molecule has 12 rings (SSSR count). The number of pyridine rings is 4. The smallest absolute Gasteiger partial charge is 0.303 e. The highest BCUT2D eigenvalue weighted by Gasteiger charge is 2.27. The summed E-state index contributed by atoms with van der Waals surface area (Å²) in [6.07, 6.45) is 24.1. The van der Waals surface area contributed by atoms with E-state index in [9.17, 15) is 19.2 Å². The van der Waals surface area contributed by atoms with E-state index in [4.69, 9.17) is 44.0 Å². The molecule has 0 aromatic carbocycles. The summed E-state index contributed by atoms with van der Waals surface area (Å²) >= 11 is 12.2. The molecule has 10 aromatic rings. The fourth-order valence-corrected chi connectivity index (χ4v) is 9.21.